The highest BCUT2D eigenvalue weighted by molar-refractivity contribution is 5.79. The van der Waals surface area contributed by atoms with E-state index in [1.807, 2.05) is 53.3 Å². The lowest BCUT2D eigenvalue weighted by molar-refractivity contribution is 0.190. The summed E-state index contributed by atoms with van der Waals surface area (Å²) in [5, 5.41) is 14.1. The first-order valence-electron chi connectivity index (χ1n) is 13.2. The standard InChI is InChI=1S/C30H31N7O/c1-21-13-14-27-24(16-21)17-26(30(38)32-27)28(29-33-34-35-37(29)25-11-5-6-12-25)36(19-22-8-3-2-4-9-22)20-23-10-7-15-31-18-23/h2-4,7-10,13-18,25,28H,5-6,11-12,19-20H2,1H3,(H,32,38)/t28-/m0/s1. The van der Waals surface area contributed by atoms with Gasteiger partial charge in [-0.15, -0.1) is 5.10 Å². The summed E-state index contributed by atoms with van der Waals surface area (Å²) in [6.07, 6.45) is 8.06. The van der Waals surface area contributed by atoms with Crippen molar-refractivity contribution in [1.29, 1.82) is 0 Å². The molecule has 0 spiro atoms. The summed E-state index contributed by atoms with van der Waals surface area (Å²) in [6, 6.07) is 22.2. The van der Waals surface area contributed by atoms with Crippen LogP contribution in [-0.4, -0.2) is 35.1 Å². The molecule has 8 nitrogen and oxygen atoms in total. The zero-order valence-electron chi connectivity index (χ0n) is 21.5. The number of nitrogens with one attached hydrogen (secondary N) is 1. The van der Waals surface area contributed by atoms with Crippen LogP contribution in [-0.2, 0) is 13.1 Å². The van der Waals surface area contributed by atoms with Crippen molar-refractivity contribution in [1.82, 2.24) is 35.1 Å². The summed E-state index contributed by atoms with van der Waals surface area (Å²) < 4.78 is 1.97. The van der Waals surface area contributed by atoms with Crippen molar-refractivity contribution in [3.63, 3.8) is 0 Å². The molecule has 1 fully saturated rings. The van der Waals surface area contributed by atoms with E-state index < -0.39 is 6.04 Å². The first kappa shape index (κ1) is 24.2. The second-order valence-corrected chi connectivity index (χ2v) is 10.2. The second kappa shape index (κ2) is 10.7. The van der Waals surface area contributed by atoms with Crippen LogP contribution in [0.2, 0.25) is 0 Å². The lowest BCUT2D eigenvalue weighted by Gasteiger charge is -2.31. The average Bonchev–Trinajstić information content (AvgIpc) is 3.63. The lowest BCUT2D eigenvalue weighted by Crippen LogP contribution is -2.35. The van der Waals surface area contributed by atoms with E-state index in [9.17, 15) is 4.79 Å². The molecule has 1 N–H and O–H groups in total. The third-order valence-corrected chi connectivity index (χ3v) is 7.46. The Balaban J connectivity index is 1.54. The molecule has 0 aliphatic heterocycles. The molecule has 3 aromatic heterocycles. The highest BCUT2D eigenvalue weighted by Crippen LogP contribution is 2.35. The zero-order valence-corrected chi connectivity index (χ0v) is 21.5. The number of aryl methyl sites for hydroxylation is 1. The number of tetrazole rings is 1. The Labute approximate surface area is 221 Å². The van der Waals surface area contributed by atoms with E-state index in [2.05, 4.69) is 61.6 Å². The lowest BCUT2D eigenvalue weighted by atomic mass is 10.0. The number of fused-ring (bicyclic) bond motifs is 1. The van der Waals surface area contributed by atoms with Gasteiger partial charge in [0.1, 0.15) is 6.04 Å². The van der Waals surface area contributed by atoms with Crippen LogP contribution >= 0.6 is 0 Å². The van der Waals surface area contributed by atoms with Gasteiger partial charge in [-0.2, -0.15) is 0 Å². The third-order valence-electron chi connectivity index (χ3n) is 7.46. The van der Waals surface area contributed by atoms with Gasteiger partial charge in [0, 0.05) is 36.6 Å². The van der Waals surface area contributed by atoms with Gasteiger partial charge in [-0.05, 0) is 71.0 Å². The molecule has 0 radical (unpaired) electrons. The number of rotatable bonds is 8. The quantitative estimate of drug-likeness (QED) is 0.315. The molecule has 3 heterocycles. The van der Waals surface area contributed by atoms with E-state index in [1.165, 1.54) is 0 Å². The van der Waals surface area contributed by atoms with Gasteiger partial charge in [-0.1, -0.05) is 60.9 Å². The zero-order chi connectivity index (χ0) is 25.9. The van der Waals surface area contributed by atoms with Crippen molar-refractivity contribution in [2.24, 2.45) is 0 Å². The summed E-state index contributed by atoms with van der Waals surface area (Å²) in [7, 11) is 0. The van der Waals surface area contributed by atoms with Gasteiger partial charge in [0.25, 0.3) is 5.56 Å². The van der Waals surface area contributed by atoms with Crippen molar-refractivity contribution in [3.8, 4) is 0 Å². The van der Waals surface area contributed by atoms with Crippen LogP contribution in [0.25, 0.3) is 10.9 Å². The van der Waals surface area contributed by atoms with Crippen LogP contribution in [0.1, 0.15) is 65.8 Å². The molecule has 38 heavy (non-hydrogen) atoms. The monoisotopic (exact) mass is 505 g/mol. The summed E-state index contributed by atoms with van der Waals surface area (Å²) in [4.78, 5) is 23.5. The Morgan fingerprint density at radius 3 is 2.58 bits per heavy atom. The van der Waals surface area contributed by atoms with Crippen LogP contribution < -0.4 is 5.56 Å². The molecule has 0 unspecified atom stereocenters. The molecule has 8 heteroatoms. The number of hydrogen-bond acceptors (Lipinski definition) is 6. The predicted octanol–water partition coefficient (Wildman–Crippen LogP) is 5.12. The van der Waals surface area contributed by atoms with Crippen molar-refractivity contribution >= 4 is 10.9 Å². The van der Waals surface area contributed by atoms with E-state index >= 15 is 0 Å². The van der Waals surface area contributed by atoms with Gasteiger partial charge in [-0.25, -0.2) is 4.68 Å². The van der Waals surface area contributed by atoms with Gasteiger partial charge in [0.2, 0.25) is 0 Å². The minimum atomic E-state index is -0.459. The average molecular weight is 506 g/mol. The molecule has 5 aromatic rings. The summed E-state index contributed by atoms with van der Waals surface area (Å²) in [6.45, 7) is 3.26. The first-order chi connectivity index (χ1) is 18.7. The fourth-order valence-electron chi connectivity index (χ4n) is 5.62. The van der Waals surface area contributed by atoms with Crippen LogP contribution in [0.15, 0.2) is 83.9 Å². The summed E-state index contributed by atoms with van der Waals surface area (Å²) >= 11 is 0. The van der Waals surface area contributed by atoms with Crippen molar-refractivity contribution in [3.05, 3.63) is 118 Å². The maximum Gasteiger partial charge on any atom is 0.253 e. The van der Waals surface area contributed by atoms with Gasteiger partial charge in [0.15, 0.2) is 5.82 Å². The Kier molecular flexibility index (Phi) is 6.79. The Morgan fingerprint density at radius 1 is 1.00 bits per heavy atom. The number of benzene rings is 2. The largest absolute Gasteiger partial charge is 0.322 e. The highest BCUT2D eigenvalue weighted by atomic mass is 16.1. The molecule has 1 atom stereocenters. The predicted molar refractivity (Wildman–Crippen MR) is 146 cm³/mol. The highest BCUT2D eigenvalue weighted by Gasteiger charge is 2.33. The summed E-state index contributed by atoms with van der Waals surface area (Å²) in [5.74, 6) is 0.703. The number of aromatic nitrogens is 6. The van der Waals surface area contributed by atoms with E-state index in [1.54, 1.807) is 6.20 Å². The van der Waals surface area contributed by atoms with E-state index in [-0.39, 0.29) is 11.6 Å². The van der Waals surface area contributed by atoms with Crippen LogP contribution in [0.3, 0.4) is 0 Å². The Hall–Kier alpha value is -4.17. The van der Waals surface area contributed by atoms with Gasteiger partial charge >= 0.3 is 0 Å². The topological polar surface area (TPSA) is 92.6 Å². The Bertz CT molecular complexity index is 1530. The molecular formula is C30H31N7O. The summed E-state index contributed by atoms with van der Waals surface area (Å²) in [5.41, 5.74) is 4.67. The molecule has 192 valence electrons. The SMILES string of the molecule is Cc1ccc2[nH]c(=O)c([C@@H](c3nnnn3C3CCCC3)N(Cc3ccccc3)Cc3cccnc3)cc2c1. The molecule has 0 saturated heterocycles. The maximum atomic E-state index is 13.7. The Morgan fingerprint density at radius 2 is 1.79 bits per heavy atom. The molecule has 6 rings (SSSR count). The normalized spacial score (nSPS) is 14.9. The van der Waals surface area contributed by atoms with E-state index in [0.29, 0.717) is 24.5 Å². The molecule has 1 aliphatic carbocycles. The van der Waals surface area contributed by atoms with Crippen LogP contribution in [0.5, 0.6) is 0 Å². The van der Waals surface area contributed by atoms with Crippen molar-refractivity contribution in [2.75, 3.05) is 0 Å². The second-order valence-electron chi connectivity index (χ2n) is 10.2. The maximum absolute atomic E-state index is 13.7. The van der Waals surface area contributed by atoms with Crippen molar-refractivity contribution in [2.45, 2.75) is 57.8 Å². The van der Waals surface area contributed by atoms with Crippen LogP contribution in [0, 0.1) is 6.92 Å². The fourth-order valence-corrected chi connectivity index (χ4v) is 5.62. The number of aromatic amines is 1. The van der Waals surface area contributed by atoms with E-state index in [4.69, 9.17) is 0 Å². The van der Waals surface area contributed by atoms with Gasteiger partial charge < -0.3 is 4.98 Å². The molecule has 1 aliphatic rings. The molecule has 0 amide bonds. The van der Waals surface area contributed by atoms with Crippen LogP contribution in [0.4, 0.5) is 0 Å². The minimum absolute atomic E-state index is 0.128. The third kappa shape index (κ3) is 4.99. The molecular weight excluding hydrogens is 474 g/mol. The number of H-pyrrole nitrogens is 1. The van der Waals surface area contributed by atoms with Gasteiger partial charge in [0.05, 0.1) is 6.04 Å². The fraction of sp³-hybridized carbons (Fsp3) is 0.300. The first-order valence-corrected chi connectivity index (χ1v) is 13.2. The van der Waals surface area contributed by atoms with Crippen molar-refractivity contribution < 1.29 is 0 Å². The number of pyridine rings is 2. The number of nitrogens with zero attached hydrogens (tertiary/aromatic N) is 6. The minimum Gasteiger partial charge on any atom is -0.322 e. The van der Waals surface area contributed by atoms with E-state index in [0.717, 1.165) is 53.3 Å². The molecule has 0 bridgehead atoms. The smallest absolute Gasteiger partial charge is 0.253 e. The molecule has 1 saturated carbocycles. The van der Waals surface area contributed by atoms with Gasteiger partial charge in [-0.3, -0.25) is 14.7 Å². The molecule has 2 aromatic carbocycles. The number of hydrogen-bond donors (Lipinski definition) is 1.